The molecule has 2 heterocycles. The van der Waals surface area contributed by atoms with Crippen LogP contribution in [0.2, 0.25) is 0 Å². The van der Waals surface area contributed by atoms with Crippen LogP contribution in [0.3, 0.4) is 0 Å². The standard InChI is InChI=1S/C34H51N5O8/c1-24(2)46-22-28(40)18-36-32(42)20-38-13-9-5-6-10-14-45-31-12-8-7-11-30(31)39(27-15-26(34(38)44)16-35-17-27)21-33(43)37-19-29(41)23-47-25(3)4/h7-8,11-12,15-17,24-25,28-29,40-41H,5-6,9-10,13-14,18-23H2,1-4H3,(H,36,42)(H,37,43). The first-order valence-corrected chi connectivity index (χ1v) is 16.4. The van der Waals surface area contributed by atoms with Gasteiger partial charge < -0.3 is 44.9 Å². The molecule has 1 aromatic carbocycles. The van der Waals surface area contributed by atoms with Gasteiger partial charge in [0, 0.05) is 25.8 Å². The zero-order valence-electron chi connectivity index (χ0n) is 28.0. The molecule has 47 heavy (non-hydrogen) atoms. The Balaban J connectivity index is 1.83. The number of hydrogen-bond donors (Lipinski definition) is 4. The van der Waals surface area contributed by atoms with Gasteiger partial charge in [-0.2, -0.15) is 0 Å². The number of aromatic nitrogens is 1. The largest absolute Gasteiger partial charge is 0.491 e. The van der Waals surface area contributed by atoms with Gasteiger partial charge in [0.15, 0.2) is 0 Å². The first kappa shape index (κ1) is 37.7. The van der Waals surface area contributed by atoms with Crippen LogP contribution in [0, 0.1) is 0 Å². The summed E-state index contributed by atoms with van der Waals surface area (Å²) in [7, 11) is 0. The van der Waals surface area contributed by atoms with Gasteiger partial charge in [0.25, 0.3) is 5.91 Å². The van der Waals surface area contributed by atoms with Crippen LogP contribution >= 0.6 is 0 Å². The second-order valence-electron chi connectivity index (χ2n) is 12.2. The van der Waals surface area contributed by atoms with Gasteiger partial charge in [-0.05, 0) is 58.7 Å². The molecule has 3 rings (SSSR count). The van der Waals surface area contributed by atoms with Crippen molar-refractivity contribution in [3.8, 4) is 5.75 Å². The fraction of sp³-hybridized carbons (Fsp3) is 0.588. The summed E-state index contributed by atoms with van der Waals surface area (Å²) in [5.74, 6) is -0.560. The second kappa shape index (κ2) is 19.8. The molecule has 2 unspecified atom stereocenters. The third kappa shape index (κ3) is 13.5. The van der Waals surface area contributed by atoms with E-state index < -0.39 is 18.1 Å². The molecule has 2 bridgehead atoms. The smallest absolute Gasteiger partial charge is 0.255 e. The molecule has 260 valence electrons. The normalized spacial score (nSPS) is 15.7. The molecule has 1 aliphatic heterocycles. The number of benzene rings is 1. The Morgan fingerprint density at radius 2 is 1.51 bits per heavy atom. The van der Waals surface area contributed by atoms with Gasteiger partial charge in [0.1, 0.15) is 12.3 Å². The Morgan fingerprint density at radius 3 is 2.17 bits per heavy atom. The Bertz CT molecular complexity index is 1280. The maximum absolute atomic E-state index is 13.8. The summed E-state index contributed by atoms with van der Waals surface area (Å²) in [5, 5.41) is 25.9. The van der Waals surface area contributed by atoms with Crippen molar-refractivity contribution in [2.24, 2.45) is 0 Å². The topological polar surface area (TPSA) is 163 Å². The van der Waals surface area contributed by atoms with E-state index in [0.29, 0.717) is 36.7 Å². The van der Waals surface area contributed by atoms with Crippen molar-refractivity contribution in [3.63, 3.8) is 0 Å². The van der Waals surface area contributed by atoms with Crippen LogP contribution in [0.25, 0.3) is 0 Å². The summed E-state index contributed by atoms with van der Waals surface area (Å²) in [4.78, 5) is 47.4. The highest BCUT2D eigenvalue weighted by Gasteiger charge is 2.24. The average molecular weight is 658 g/mol. The lowest BCUT2D eigenvalue weighted by Crippen LogP contribution is -2.44. The van der Waals surface area contributed by atoms with E-state index in [2.05, 4.69) is 15.6 Å². The number of para-hydroxylation sites is 2. The van der Waals surface area contributed by atoms with E-state index in [-0.39, 0.29) is 69.0 Å². The monoisotopic (exact) mass is 657 g/mol. The first-order valence-electron chi connectivity index (χ1n) is 16.4. The van der Waals surface area contributed by atoms with Crippen LogP contribution in [0.1, 0.15) is 63.7 Å². The highest BCUT2D eigenvalue weighted by atomic mass is 16.5. The van der Waals surface area contributed by atoms with Crippen LogP contribution in [0.15, 0.2) is 42.7 Å². The summed E-state index contributed by atoms with van der Waals surface area (Å²) < 4.78 is 17.0. The van der Waals surface area contributed by atoms with Crippen LogP contribution in [-0.4, -0.2) is 115 Å². The van der Waals surface area contributed by atoms with E-state index in [1.54, 1.807) is 17.2 Å². The maximum atomic E-state index is 13.8. The summed E-state index contributed by atoms with van der Waals surface area (Å²) in [5.41, 5.74) is 1.34. The van der Waals surface area contributed by atoms with Gasteiger partial charge in [-0.15, -0.1) is 0 Å². The summed E-state index contributed by atoms with van der Waals surface area (Å²) in [6, 6.07) is 9.00. The Morgan fingerprint density at radius 1 is 0.894 bits per heavy atom. The summed E-state index contributed by atoms with van der Waals surface area (Å²) in [6.45, 7) is 8.12. The number of anilines is 2. The van der Waals surface area contributed by atoms with Gasteiger partial charge >= 0.3 is 0 Å². The minimum atomic E-state index is -0.873. The minimum Gasteiger partial charge on any atom is -0.491 e. The molecular formula is C34H51N5O8. The zero-order chi connectivity index (χ0) is 34.2. The number of nitrogens with one attached hydrogen (secondary N) is 2. The molecule has 0 fully saturated rings. The van der Waals surface area contributed by atoms with Crippen molar-refractivity contribution in [1.29, 1.82) is 0 Å². The molecule has 1 aromatic heterocycles. The predicted octanol–water partition coefficient (Wildman–Crippen LogP) is 2.42. The summed E-state index contributed by atoms with van der Waals surface area (Å²) in [6.07, 6.45) is 4.33. The van der Waals surface area contributed by atoms with Crippen molar-refractivity contribution in [1.82, 2.24) is 20.5 Å². The van der Waals surface area contributed by atoms with E-state index in [4.69, 9.17) is 14.2 Å². The second-order valence-corrected chi connectivity index (χ2v) is 12.2. The fourth-order valence-corrected chi connectivity index (χ4v) is 4.80. The zero-order valence-corrected chi connectivity index (χ0v) is 28.0. The molecule has 0 saturated carbocycles. The van der Waals surface area contributed by atoms with E-state index in [0.717, 1.165) is 19.3 Å². The molecule has 3 amide bonds. The van der Waals surface area contributed by atoms with Crippen molar-refractivity contribution < 1.29 is 38.8 Å². The van der Waals surface area contributed by atoms with Crippen LogP contribution < -0.4 is 20.3 Å². The SMILES string of the molecule is CC(C)OCC(O)CNC(=O)CN1CCCCCCOc2ccccc2N(CC(=O)NCC(O)COC(C)C)c2cncc(c2)C1=O. The van der Waals surface area contributed by atoms with Gasteiger partial charge in [-0.3, -0.25) is 19.4 Å². The predicted molar refractivity (Wildman–Crippen MR) is 178 cm³/mol. The van der Waals surface area contributed by atoms with E-state index in [1.165, 1.54) is 11.1 Å². The molecule has 0 radical (unpaired) electrons. The third-order valence-electron chi connectivity index (χ3n) is 7.26. The number of rotatable bonds is 14. The fourth-order valence-electron chi connectivity index (χ4n) is 4.80. The molecule has 2 atom stereocenters. The molecule has 1 aliphatic rings. The number of nitrogens with zero attached hydrogens (tertiary/aromatic N) is 3. The Kier molecular flexibility index (Phi) is 15.9. The number of pyridine rings is 1. The molecule has 4 N–H and O–H groups in total. The molecule has 13 heteroatoms. The average Bonchev–Trinajstić information content (AvgIpc) is 3.05. The van der Waals surface area contributed by atoms with E-state index >= 15 is 0 Å². The van der Waals surface area contributed by atoms with Crippen molar-refractivity contribution >= 4 is 29.1 Å². The van der Waals surface area contributed by atoms with Gasteiger partial charge in [0.2, 0.25) is 11.8 Å². The summed E-state index contributed by atoms with van der Waals surface area (Å²) >= 11 is 0. The van der Waals surface area contributed by atoms with Crippen molar-refractivity contribution in [3.05, 3.63) is 48.3 Å². The van der Waals surface area contributed by atoms with Crippen molar-refractivity contribution in [2.45, 2.75) is 77.8 Å². The molecule has 0 spiro atoms. The van der Waals surface area contributed by atoms with Crippen LogP contribution in [0.5, 0.6) is 5.75 Å². The lowest BCUT2D eigenvalue weighted by atomic mass is 10.1. The Hall–Kier alpha value is -3.78. The van der Waals surface area contributed by atoms with E-state index in [1.807, 2.05) is 52.0 Å². The van der Waals surface area contributed by atoms with E-state index in [9.17, 15) is 24.6 Å². The number of carbonyl (C=O) groups excluding carboxylic acids is 3. The lowest BCUT2D eigenvalue weighted by Gasteiger charge is -2.27. The quantitative estimate of drug-likeness (QED) is 0.237. The molecular weight excluding hydrogens is 606 g/mol. The lowest BCUT2D eigenvalue weighted by molar-refractivity contribution is -0.122. The van der Waals surface area contributed by atoms with Gasteiger partial charge in [-0.25, -0.2) is 0 Å². The number of fused-ring (bicyclic) bond motifs is 3. The van der Waals surface area contributed by atoms with Gasteiger partial charge in [0.05, 0.1) is 73.9 Å². The van der Waals surface area contributed by atoms with Crippen LogP contribution in [-0.2, 0) is 19.1 Å². The first-order chi connectivity index (χ1) is 22.5. The maximum Gasteiger partial charge on any atom is 0.255 e. The number of aliphatic hydroxyl groups excluding tert-OH is 2. The molecule has 0 saturated heterocycles. The van der Waals surface area contributed by atoms with Gasteiger partial charge in [-0.1, -0.05) is 25.0 Å². The molecule has 0 aliphatic carbocycles. The highest BCUT2D eigenvalue weighted by Crippen LogP contribution is 2.34. The van der Waals surface area contributed by atoms with Crippen LogP contribution in [0.4, 0.5) is 11.4 Å². The highest BCUT2D eigenvalue weighted by molar-refractivity contribution is 5.97. The molecule has 13 nitrogen and oxygen atoms in total. The number of carbonyl (C=O) groups is 3. The number of amides is 3. The number of aliphatic hydroxyl groups is 2. The third-order valence-corrected chi connectivity index (χ3v) is 7.26. The number of ether oxygens (including phenoxy) is 3. The Labute approximate surface area is 277 Å². The minimum absolute atomic E-state index is 0.00281. The molecule has 2 aromatic rings. The number of hydrogen-bond acceptors (Lipinski definition) is 10. The van der Waals surface area contributed by atoms with Crippen molar-refractivity contribution in [2.75, 3.05) is 57.4 Å².